The summed E-state index contributed by atoms with van der Waals surface area (Å²) in [6, 6.07) is 5.69. The predicted octanol–water partition coefficient (Wildman–Crippen LogP) is 1.06. The molecule has 2 rings (SSSR count). The van der Waals surface area contributed by atoms with Gasteiger partial charge in [-0.2, -0.15) is 0 Å². The summed E-state index contributed by atoms with van der Waals surface area (Å²) < 4.78 is 25.4. The highest BCUT2D eigenvalue weighted by Gasteiger charge is 2.48. The normalized spacial score (nSPS) is 18.8. The SMILES string of the molecule is NCCC(O)c1cccc(S(=O)(=O)C(O)(O)C2CCCCC2)c1. The Kier molecular flexibility index (Phi) is 5.80. The van der Waals surface area contributed by atoms with Crippen molar-refractivity contribution in [1.29, 1.82) is 0 Å². The van der Waals surface area contributed by atoms with Gasteiger partial charge in [-0.1, -0.05) is 31.4 Å². The second kappa shape index (κ2) is 7.27. The zero-order valence-corrected chi connectivity index (χ0v) is 13.9. The summed E-state index contributed by atoms with van der Waals surface area (Å²) in [5, 5.41) is 27.9. The fourth-order valence-electron chi connectivity index (χ4n) is 3.09. The van der Waals surface area contributed by atoms with Crippen molar-refractivity contribution in [3.05, 3.63) is 29.8 Å². The maximum Gasteiger partial charge on any atom is 0.276 e. The zero-order chi connectivity index (χ0) is 17.1. The van der Waals surface area contributed by atoms with Crippen LogP contribution in [0.3, 0.4) is 0 Å². The molecule has 0 aliphatic heterocycles. The molecule has 0 spiro atoms. The lowest BCUT2D eigenvalue weighted by Crippen LogP contribution is -2.46. The minimum absolute atomic E-state index is 0.193. The molecular weight excluding hydrogens is 318 g/mol. The second-order valence-corrected chi connectivity index (χ2v) is 8.24. The van der Waals surface area contributed by atoms with Crippen molar-refractivity contribution in [2.75, 3.05) is 6.54 Å². The van der Waals surface area contributed by atoms with Gasteiger partial charge in [0.15, 0.2) is 0 Å². The Morgan fingerprint density at radius 3 is 2.48 bits per heavy atom. The summed E-state index contributed by atoms with van der Waals surface area (Å²) in [6.45, 7) is 0.268. The summed E-state index contributed by atoms with van der Waals surface area (Å²) in [7, 11) is -4.34. The molecule has 0 heterocycles. The molecular formula is C16H25NO5S. The molecule has 0 bridgehead atoms. The molecule has 1 saturated carbocycles. The van der Waals surface area contributed by atoms with Crippen molar-refractivity contribution in [1.82, 2.24) is 0 Å². The minimum atomic E-state index is -4.34. The van der Waals surface area contributed by atoms with Gasteiger partial charge in [0.2, 0.25) is 9.84 Å². The molecule has 130 valence electrons. The Morgan fingerprint density at radius 1 is 1.22 bits per heavy atom. The van der Waals surface area contributed by atoms with Crippen molar-refractivity contribution in [2.45, 2.75) is 54.6 Å². The Morgan fingerprint density at radius 2 is 1.87 bits per heavy atom. The molecule has 5 N–H and O–H groups in total. The number of aliphatic hydroxyl groups is 3. The van der Waals surface area contributed by atoms with Gasteiger partial charge in [-0.05, 0) is 43.5 Å². The van der Waals surface area contributed by atoms with Crippen LogP contribution in [0.4, 0.5) is 0 Å². The van der Waals surface area contributed by atoms with Crippen LogP contribution in [0, 0.1) is 5.92 Å². The van der Waals surface area contributed by atoms with E-state index in [0.717, 1.165) is 19.3 Å². The second-order valence-electron chi connectivity index (χ2n) is 6.16. The molecule has 1 aliphatic rings. The van der Waals surface area contributed by atoms with Crippen LogP contribution in [-0.2, 0) is 9.84 Å². The van der Waals surface area contributed by atoms with Crippen LogP contribution in [0.2, 0.25) is 0 Å². The molecule has 1 unspecified atom stereocenters. The number of rotatable bonds is 6. The van der Waals surface area contributed by atoms with E-state index in [2.05, 4.69) is 0 Å². The van der Waals surface area contributed by atoms with E-state index in [1.54, 1.807) is 6.07 Å². The number of aliphatic hydroxyl groups excluding tert-OH is 1. The van der Waals surface area contributed by atoms with Gasteiger partial charge in [-0.15, -0.1) is 0 Å². The zero-order valence-electron chi connectivity index (χ0n) is 13.1. The Bertz CT molecular complexity index is 623. The average molecular weight is 343 g/mol. The van der Waals surface area contributed by atoms with E-state index in [4.69, 9.17) is 5.73 Å². The lowest BCUT2D eigenvalue weighted by molar-refractivity contribution is -0.135. The lowest BCUT2D eigenvalue weighted by atomic mass is 9.88. The van der Waals surface area contributed by atoms with E-state index in [9.17, 15) is 23.7 Å². The van der Waals surface area contributed by atoms with Crippen LogP contribution in [0.25, 0.3) is 0 Å². The van der Waals surface area contributed by atoms with Gasteiger partial charge < -0.3 is 21.1 Å². The third-order valence-electron chi connectivity index (χ3n) is 4.53. The van der Waals surface area contributed by atoms with Crippen LogP contribution in [0.5, 0.6) is 0 Å². The molecule has 1 aliphatic carbocycles. The number of nitrogens with two attached hydrogens (primary N) is 1. The Hall–Kier alpha value is -0.990. The molecule has 0 radical (unpaired) electrons. The summed E-state index contributed by atoms with van der Waals surface area (Å²) in [5.41, 5.74) is 5.80. The Balaban J connectivity index is 2.33. The summed E-state index contributed by atoms with van der Waals surface area (Å²) in [4.78, 5) is -0.193. The number of benzene rings is 1. The number of hydrogen-bond donors (Lipinski definition) is 4. The van der Waals surface area contributed by atoms with Gasteiger partial charge >= 0.3 is 0 Å². The maximum absolute atomic E-state index is 12.7. The highest BCUT2D eigenvalue weighted by Crippen LogP contribution is 2.37. The third kappa shape index (κ3) is 3.75. The fraction of sp³-hybridized carbons (Fsp3) is 0.625. The van der Waals surface area contributed by atoms with Crippen molar-refractivity contribution in [2.24, 2.45) is 11.7 Å². The van der Waals surface area contributed by atoms with E-state index in [0.29, 0.717) is 24.8 Å². The van der Waals surface area contributed by atoms with E-state index in [-0.39, 0.29) is 11.4 Å². The highest BCUT2D eigenvalue weighted by molar-refractivity contribution is 7.92. The Labute approximate surface area is 136 Å². The van der Waals surface area contributed by atoms with Gasteiger partial charge in [0, 0.05) is 5.92 Å². The standard InChI is InChI=1S/C16H25NO5S/c17-10-9-15(18)12-5-4-8-14(11-12)23(21,22)16(19,20)13-6-2-1-3-7-13/h4-5,8,11,13,15,18-20H,1-3,6-7,9-10,17H2. The van der Waals surface area contributed by atoms with Crippen molar-refractivity contribution >= 4 is 9.84 Å². The average Bonchev–Trinajstić information content (AvgIpc) is 2.56. The molecule has 0 amide bonds. The minimum Gasteiger partial charge on any atom is -0.388 e. The molecule has 7 heteroatoms. The number of sulfone groups is 1. The molecule has 0 aromatic heterocycles. The van der Waals surface area contributed by atoms with Crippen LogP contribution < -0.4 is 5.73 Å². The van der Waals surface area contributed by atoms with Crippen LogP contribution >= 0.6 is 0 Å². The first-order valence-corrected chi connectivity index (χ1v) is 9.46. The molecule has 23 heavy (non-hydrogen) atoms. The van der Waals surface area contributed by atoms with E-state index < -0.39 is 27.0 Å². The molecule has 1 atom stereocenters. The van der Waals surface area contributed by atoms with Gasteiger partial charge in [0.25, 0.3) is 5.12 Å². The predicted molar refractivity (Wildman–Crippen MR) is 86.0 cm³/mol. The van der Waals surface area contributed by atoms with Crippen molar-refractivity contribution in [3.8, 4) is 0 Å². The first kappa shape index (κ1) is 18.4. The summed E-state index contributed by atoms with van der Waals surface area (Å²) in [6.07, 6.45) is 2.93. The van der Waals surface area contributed by atoms with Crippen LogP contribution in [-0.4, -0.2) is 35.4 Å². The van der Waals surface area contributed by atoms with Crippen LogP contribution in [0.15, 0.2) is 29.2 Å². The smallest absolute Gasteiger partial charge is 0.276 e. The molecule has 0 saturated heterocycles. The molecule has 1 aromatic rings. The van der Waals surface area contributed by atoms with E-state index in [1.807, 2.05) is 0 Å². The monoisotopic (exact) mass is 343 g/mol. The number of hydrogen-bond acceptors (Lipinski definition) is 6. The highest BCUT2D eigenvalue weighted by atomic mass is 32.2. The maximum atomic E-state index is 12.7. The van der Waals surface area contributed by atoms with E-state index in [1.165, 1.54) is 18.2 Å². The molecule has 6 nitrogen and oxygen atoms in total. The summed E-state index contributed by atoms with van der Waals surface area (Å²) >= 11 is 0. The first-order chi connectivity index (χ1) is 10.8. The van der Waals surface area contributed by atoms with Crippen molar-refractivity contribution in [3.63, 3.8) is 0 Å². The topological polar surface area (TPSA) is 121 Å². The quantitative estimate of drug-likeness (QED) is 0.573. The van der Waals surface area contributed by atoms with E-state index >= 15 is 0 Å². The first-order valence-electron chi connectivity index (χ1n) is 7.98. The molecule has 1 aromatic carbocycles. The van der Waals surface area contributed by atoms with Gasteiger partial charge in [-0.3, -0.25) is 0 Å². The van der Waals surface area contributed by atoms with Crippen LogP contribution in [0.1, 0.15) is 50.2 Å². The van der Waals surface area contributed by atoms with Gasteiger partial charge in [-0.25, -0.2) is 8.42 Å². The van der Waals surface area contributed by atoms with Gasteiger partial charge in [0.05, 0.1) is 11.0 Å². The van der Waals surface area contributed by atoms with Gasteiger partial charge in [0.1, 0.15) is 0 Å². The fourth-order valence-corrected chi connectivity index (χ4v) is 4.66. The summed E-state index contributed by atoms with van der Waals surface area (Å²) in [5.74, 6) is -0.695. The largest absolute Gasteiger partial charge is 0.388 e. The molecule has 1 fully saturated rings. The lowest BCUT2D eigenvalue weighted by Gasteiger charge is -2.33. The van der Waals surface area contributed by atoms with Crippen molar-refractivity contribution < 1.29 is 23.7 Å². The third-order valence-corrected chi connectivity index (χ3v) is 6.52.